The summed E-state index contributed by atoms with van der Waals surface area (Å²) < 4.78 is 68.2. The van der Waals surface area contributed by atoms with Crippen LogP contribution in [0.2, 0.25) is 0 Å². The highest BCUT2D eigenvalue weighted by Gasteiger charge is 2.29. The third kappa shape index (κ3) is 6.62. The molecule has 37 heavy (non-hydrogen) atoms. The molecule has 1 N–H and O–H groups in total. The van der Waals surface area contributed by atoms with Crippen LogP contribution in [0.5, 0.6) is 11.5 Å². The van der Waals surface area contributed by atoms with Crippen LogP contribution in [0, 0.1) is 5.82 Å². The van der Waals surface area contributed by atoms with E-state index in [-0.39, 0.29) is 23.7 Å². The number of aliphatic carboxylic acids is 1. The number of rotatable bonds is 10. The monoisotopic (exact) mass is 580 g/mol. The molecule has 0 radical (unpaired) electrons. The Labute approximate surface area is 217 Å². The summed E-state index contributed by atoms with van der Waals surface area (Å²) in [5, 5.41) is 10.3. The average Bonchev–Trinajstić information content (AvgIpc) is 3.20. The van der Waals surface area contributed by atoms with Crippen molar-refractivity contribution in [3.05, 3.63) is 82.6 Å². The van der Waals surface area contributed by atoms with Gasteiger partial charge in [0.2, 0.25) is 0 Å². The molecule has 0 aliphatic rings. The quantitative estimate of drug-likeness (QED) is 0.194. The summed E-state index contributed by atoms with van der Waals surface area (Å²) in [7, 11) is 0. The van der Waals surface area contributed by atoms with Crippen molar-refractivity contribution >= 4 is 32.9 Å². The third-order valence-corrected chi connectivity index (χ3v) is 6.30. The van der Waals surface area contributed by atoms with Gasteiger partial charge in [-0.1, -0.05) is 24.3 Å². The van der Waals surface area contributed by atoms with Crippen molar-refractivity contribution in [2.75, 3.05) is 6.61 Å². The fraction of sp³-hybridized carbons (Fsp3) is 0.222. The lowest BCUT2D eigenvalue weighted by Gasteiger charge is -2.17. The second-order valence-electron chi connectivity index (χ2n) is 8.23. The second kappa shape index (κ2) is 11.2. The van der Waals surface area contributed by atoms with Crippen LogP contribution in [0.1, 0.15) is 18.4 Å². The Morgan fingerprint density at radius 1 is 1.00 bits per heavy atom. The normalized spacial score (nSPS) is 12.5. The number of benzene rings is 3. The van der Waals surface area contributed by atoms with E-state index in [4.69, 9.17) is 13.9 Å². The molecule has 10 heteroatoms. The van der Waals surface area contributed by atoms with E-state index in [1.54, 1.807) is 48.5 Å². The predicted octanol–water partition coefficient (Wildman–Crippen LogP) is 7.80. The number of fused-ring (bicyclic) bond motifs is 1. The molecule has 3 aromatic carbocycles. The fourth-order valence-corrected chi connectivity index (χ4v) is 4.54. The molecule has 0 spiro atoms. The number of halogens is 5. The van der Waals surface area contributed by atoms with E-state index in [1.807, 2.05) is 0 Å². The zero-order valence-electron chi connectivity index (χ0n) is 19.2. The van der Waals surface area contributed by atoms with Crippen LogP contribution >= 0.6 is 15.9 Å². The molecular weight excluding hydrogens is 560 g/mol. The van der Waals surface area contributed by atoms with Crippen molar-refractivity contribution in [1.82, 2.24) is 0 Å². The molecule has 1 atom stereocenters. The highest BCUT2D eigenvalue weighted by atomic mass is 79.9. The number of alkyl halides is 3. The van der Waals surface area contributed by atoms with Crippen molar-refractivity contribution in [3.63, 3.8) is 0 Å². The van der Waals surface area contributed by atoms with E-state index < -0.39 is 24.9 Å². The molecule has 0 aliphatic heterocycles. The molecule has 5 nitrogen and oxygen atoms in total. The SMILES string of the molecule is O=C(O)[C@@H](CCCc1ccccc1OCC(F)(F)F)Oc1cccc2oc(-c3ccc(F)cc3)c(Br)c12. The molecule has 0 bridgehead atoms. The van der Waals surface area contributed by atoms with Crippen LogP contribution in [0.3, 0.4) is 0 Å². The summed E-state index contributed by atoms with van der Waals surface area (Å²) >= 11 is 3.50. The van der Waals surface area contributed by atoms with Gasteiger partial charge in [0.1, 0.15) is 28.7 Å². The van der Waals surface area contributed by atoms with E-state index in [1.165, 1.54) is 18.2 Å². The number of aryl methyl sites for hydroxylation is 1. The molecule has 0 saturated carbocycles. The largest absolute Gasteiger partial charge is 0.484 e. The van der Waals surface area contributed by atoms with Gasteiger partial charge in [0, 0.05) is 5.56 Å². The van der Waals surface area contributed by atoms with Crippen LogP contribution in [0.15, 0.2) is 75.6 Å². The second-order valence-corrected chi connectivity index (χ2v) is 9.02. The first-order valence-corrected chi connectivity index (χ1v) is 12.1. The molecule has 4 rings (SSSR count). The molecule has 0 saturated heterocycles. The standard InChI is InChI=1S/C27H21BrF4O5/c28-24-23-20(8-4-9-21(23)37-25(24)17-11-13-18(29)14-12-17)36-22(26(33)34)10-3-6-16-5-1-2-7-19(16)35-15-27(30,31)32/h1-2,4-5,7-9,11-14,22H,3,6,10,15H2,(H,33,34)/t22-/m1/s1. The van der Waals surface area contributed by atoms with Crippen LogP contribution in [0.4, 0.5) is 17.6 Å². The number of hydrogen-bond donors (Lipinski definition) is 1. The highest BCUT2D eigenvalue weighted by molar-refractivity contribution is 9.10. The molecule has 0 aliphatic carbocycles. The first-order valence-electron chi connectivity index (χ1n) is 11.3. The minimum absolute atomic E-state index is 0.0968. The first kappa shape index (κ1) is 26.5. The summed E-state index contributed by atoms with van der Waals surface area (Å²) in [4.78, 5) is 12.0. The van der Waals surface area contributed by atoms with Crippen LogP contribution < -0.4 is 9.47 Å². The Bertz CT molecular complexity index is 1380. The van der Waals surface area contributed by atoms with Gasteiger partial charge in [-0.05, 0) is 83.2 Å². The Morgan fingerprint density at radius 2 is 1.70 bits per heavy atom. The number of carbonyl (C=O) groups is 1. The molecular formula is C27H21BrF4O5. The third-order valence-electron chi connectivity index (χ3n) is 5.55. The molecule has 1 aromatic heterocycles. The number of furan rings is 1. The molecule has 0 amide bonds. The van der Waals surface area contributed by atoms with Gasteiger partial charge in [0.05, 0.1) is 9.86 Å². The number of hydrogen-bond acceptors (Lipinski definition) is 4. The van der Waals surface area contributed by atoms with Crippen LogP contribution in [-0.2, 0) is 11.2 Å². The highest BCUT2D eigenvalue weighted by Crippen LogP contribution is 2.42. The van der Waals surface area contributed by atoms with Gasteiger partial charge in [0.15, 0.2) is 12.7 Å². The first-order chi connectivity index (χ1) is 17.6. The maximum atomic E-state index is 13.3. The van der Waals surface area contributed by atoms with Gasteiger partial charge in [0.25, 0.3) is 0 Å². The predicted molar refractivity (Wildman–Crippen MR) is 132 cm³/mol. The van der Waals surface area contributed by atoms with Crippen molar-refractivity contribution < 1.29 is 41.4 Å². The smallest absolute Gasteiger partial charge is 0.422 e. The van der Waals surface area contributed by atoms with E-state index in [0.29, 0.717) is 45.2 Å². The maximum absolute atomic E-state index is 13.3. The Kier molecular flexibility index (Phi) is 8.06. The summed E-state index contributed by atoms with van der Waals surface area (Å²) in [5.74, 6) is -0.750. The Morgan fingerprint density at radius 3 is 2.41 bits per heavy atom. The molecule has 0 unspecified atom stereocenters. The van der Waals surface area contributed by atoms with Crippen LogP contribution in [-0.4, -0.2) is 30.0 Å². The number of carboxylic acid groups (broad SMARTS) is 1. The van der Waals surface area contributed by atoms with E-state index in [2.05, 4.69) is 15.9 Å². The van der Waals surface area contributed by atoms with Gasteiger partial charge >= 0.3 is 12.1 Å². The minimum atomic E-state index is -4.46. The maximum Gasteiger partial charge on any atom is 0.422 e. The zero-order chi connectivity index (χ0) is 26.6. The van der Waals surface area contributed by atoms with Crippen molar-refractivity contribution in [1.29, 1.82) is 0 Å². The van der Waals surface area contributed by atoms with E-state index >= 15 is 0 Å². The topological polar surface area (TPSA) is 68.9 Å². The van der Waals surface area contributed by atoms with Gasteiger partial charge in [-0.3, -0.25) is 0 Å². The fourth-order valence-electron chi connectivity index (χ4n) is 3.84. The molecule has 1 heterocycles. The van der Waals surface area contributed by atoms with Gasteiger partial charge < -0.3 is 19.0 Å². The van der Waals surface area contributed by atoms with Crippen molar-refractivity contribution in [2.45, 2.75) is 31.5 Å². The van der Waals surface area contributed by atoms with Gasteiger partial charge in [-0.2, -0.15) is 13.2 Å². The van der Waals surface area contributed by atoms with Gasteiger partial charge in [-0.15, -0.1) is 0 Å². The molecule has 194 valence electrons. The number of carboxylic acids is 1. The molecule has 0 fully saturated rings. The van der Waals surface area contributed by atoms with E-state index in [0.717, 1.165) is 0 Å². The Hall–Kier alpha value is -3.53. The average molecular weight is 581 g/mol. The van der Waals surface area contributed by atoms with Crippen LogP contribution in [0.25, 0.3) is 22.3 Å². The molecule has 4 aromatic rings. The summed E-state index contributed by atoms with van der Waals surface area (Å²) in [6, 6.07) is 17.1. The van der Waals surface area contributed by atoms with E-state index in [9.17, 15) is 27.5 Å². The lowest BCUT2D eigenvalue weighted by Crippen LogP contribution is -2.27. The Balaban J connectivity index is 1.49. The minimum Gasteiger partial charge on any atom is -0.484 e. The van der Waals surface area contributed by atoms with Crippen molar-refractivity contribution in [2.24, 2.45) is 0 Å². The zero-order valence-corrected chi connectivity index (χ0v) is 20.8. The number of ether oxygens (including phenoxy) is 2. The summed E-state index contributed by atoms with van der Waals surface area (Å²) in [6.07, 6.45) is -4.96. The number of para-hydroxylation sites is 1. The lowest BCUT2D eigenvalue weighted by atomic mass is 10.0. The lowest BCUT2D eigenvalue weighted by molar-refractivity contribution is -0.153. The van der Waals surface area contributed by atoms with Crippen molar-refractivity contribution in [3.8, 4) is 22.8 Å². The summed E-state index contributed by atoms with van der Waals surface area (Å²) in [6.45, 7) is -1.41. The van der Waals surface area contributed by atoms with Gasteiger partial charge in [-0.25, -0.2) is 9.18 Å². The summed E-state index contributed by atoms with van der Waals surface area (Å²) in [5.41, 5.74) is 1.61.